The first-order chi connectivity index (χ1) is 13.8. The molecule has 3 rings (SSSR count). The van der Waals surface area contributed by atoms with Crippen molar-refractivity contribution >= 4 is 42.0 Å². The number of hydrogen-bond donors (Lipinski definition) is 0. The topological polar surface area (TPSA) is 0 Å². The molecule has 0 radical (unpaired) electrons. The third-order valence-corrected chi connectivity index (χ3v) is 13.1. The second-order valence-electron chi connectivity index (χ2n) is 9.73. The quantitative estimate of drug-likeness (QED) is 0.131. The Morgan fingerprint density at radius 1 is 0.931 bits per heavy atom. The molecule has 2 fully saturated rings. The van der Waals surface area contributed by atoms with E-state index in [-0.39, 0.29) is 7.92 Å². The van der Waals surface area contributed by atoms with Gasteiger partial charge < -0.3 is 4.48 Å². The molecular weight excluding hydrogens is 597 g/mol. The normalized spacial score (nSPS) is 21.0. The van der Waals surface area contributed by atoms with Crippen LogP contribution in [0.4, 0.5) is 0 Å². The van der Waals surface area contributed by atoms with E-state index < -0.39 is 11.0 Å². The van der Waals surface area contributed by atoms with E-state index in [0.29, 0.717) is 0 Å². The summed E-state index contributed by atoms with van der Waals surface area (Å²) in [6.45, 7) is 1.42. The van der Waals surface area contributed by atoms with Gasteiger partial charge in [-0.05, 0) is 51.4 Å². The molecule has 2 aliphatic carbocycles. The van der Waals surface area contributed by atoms with Gasteiger partial charge in [-0.15, -0.1) is 0 Å². The van der Waals surface area contributed by atoms with Gasteiger partial charge in [0.25, 0.3) is 0 Å². The minimum atomic E-state index is -1.12. The molecule has 0 spiro atoms. The van der Waals surface area contributed by atoms with E-state index >= 15 is 0 Å². The Labute approximate surface area is 201 Å². The average molecular weight is 639 g/mol. The number of rotatable bonds is 6. The zero-order valence-electron chi connectivity index (χ0n) is 18.7. The summed E-state index contributed by atoms with van der Waals surface area (Å²) in [7, 11) is 11.8. The molecular formula is C24H42ClINPRu+2. The van der Waals surface area contributed by atoms with Gasteiger partial charge in [-0.2, -0.15) is 0 Å². The Morgan fingerprint density at radius 3 is 1.83 bits per heavy atom. The first-order valence-electron chi connectivity index (χ1n) is 11.4. The molecule has 2 aliphatic rings. The minimum absolute atomic E-state index is 0.0944. The molecule has 0 atom stereocenters. The predicted molar refractivity (Wildman–Crippen MR) is 141 cm³/mol. The summed E-state index contributed by atoms with van der Waals surface area (Å²) in [4.78, 5) is 0. The molecule has 29 heavy (non-hydrogen) atoms. The van der Waals surface area contributed by atoms with Crippen molar-refractivity contribution in [3.05, 3.63) is 35.9 Å². The maximum atomic E-state index is 5.89. The zero-order chi connectivity index (χ0) is 21.1. The van der Waals surface area contributed by atoms with Gasteiger partial charge in [-0.3, -0.25) is 0 Å². The zero-order valence-corrected chi connectivity index (χ0v) is 24.3. The second-order valence-corrected chi connectivity index (χ2v) is 23.8. The Bertz CT molecular complexity index is 571. The second kappa shape index (κ2) is 14.3. The Balaban J connectivity index is 0.000000253. The van der Waals surface area contributed by atoms with Gasteiger partial charge in [0, 0.05) is 7.92 Å². The third kappa shape index (κ3) is 11.5. The Kier molecular flexibility index (Phi) is 13.0. The summed E-state index contributed by atoms with van der Waals surface area (Å²) < 4.78 is 3.32. The summed E-state index contributed by atoms with van der Waals surface area (Å²) in [6.07, 6.45) is 17.1. The van der Waals surface area contributed by atoms with Crippen LogP contribution in [0.25, 0.3) is 0 Å². The van der Waals surface area contributed by atoms with Crippen molar-refractivity contribution in [3.8, 4) is 0 Å². The van der Waals surface area contributed by atoms with Gasteiger partial charge in [0.15, 0.2) is 0 Å². The molecule has 5 heteroatoms. The number of benzene rings is 1. The van der Waals surface area contributed by atoms with Crippen LogP contribution in [0.1, 0.15) is 69.8 Å². The summed E-state index contributed by atoms with van der Waals surface area (Å²) in [5.41, 5.74) is 3.59. The van der Waals surface area contributed by atoms with Crippen molar-refractivity contribution in [1.29, 1.82) is 0 Å². The van der Waals surface area contributed by atoms with Crippen molar-refractivity contribution in [3.63, 3.8) is 0 Å². The van der Waals surface area contributed by atoms with Gasteiger partial charge >= 0.3 is 80.9 Å². The Hall–Kier alpha value is 1.12. The van der Waals surface area contributed by atoms with E-state index in [9.17, 15) is 0 Å². The molecule has 0 amide bonds. The Morgan fingerprint density at radius 2 is 1.41 bits per heavy atom. The van der Waals surface area contributed by atoms with Crippen LogP contribution in [-0.4, -0.2) is 54.3 Å². The molecule has 1 nitrogen and oxygen atoms in total. The van der Waals surface area contributed by atoms with Crippen LogP contribution in [0.5, 0.6) is 0 Å². The predicted octanol–water partition coefficient (Wildman–Crippen LogP) is 7.53. The first kappa shape index (κ1) is 26.4. The molecule has 0 bridgehead atoms. The van der Waals surface area contributed by atoms with E-state index in [1.807, 2.05) is 18.2 Å². The van der Waals surface area contributed by atoms with Crippen LogP contribution in [0.3, 0.4) is 0 Å². The molecule has 0 N–H and O–H groups in total. The number of quaternary nitrogens is 1. The van der Waals surface area contributed by atoms with Crippen molar-refractivity contribution in [2.45, 2.75) is 75.5 Å². The van der Waals surface area contributed by atoms with E-state index in [1.54, 1.807) is 31.8 Å². The molecule has 168 valence electrons. The monoisotopic (exact) mass is 639 g/mol. The summed E-state index contributed by atoms with van der Waals surface area (Å²) >= 11 is 2.30. The van der Waals surface area contributed by atoms with E-state index in [1.165, 1.54) is 66.4 Å². The third-order valence-electron chi connectivity index (χ3n) is 6.32. The van der Waals surface area contributed by atoms with Gasteiger partial charge in [0.1, 0.15) is 12.7 Å². The van der Waals surface area contributed by atoms with E-state index in [0.717, 1.165) is 0 Å². The molecule has 1 aromatic carbocycles. The molecule has 0 saturated heterocycles. The van der Waals surface area contributed by atoms with Crippen LogP contribution < -0.4 is 0 Å². The van der Waals surface area contributed by atoms with E-state index in [4.69, 9.17) is 9.69 Å². The van der Waals surface area contributed by atoms with Crippen LogP contribution >= 0.6 is 37.4 Å². The standard InChI is InChI=1S/C17H35NP.C7H6.ClH.HI.Ru/c1-18(2,3)14-15-19(16-10-6-4-7-11-16)17-12-8-5-9-13-17;1-7-5-3-2-4-6-7;;;/h16-17H,4-15H2,1-3H3;1-6H;2*1H;/q+1;;;;+2/p-1. The molecule has 0 unspecified atom stereocenters. The number of nitrogens with zero attached hydrogens (tertiary/aromatic N) is 1. The average Bonchev–Trinajstić information content (AvgIpc) is 2.70. The summed E-state index contributed by atoms with van der Waals surface area (Å²) in [5, 5.41) is 0. The molecule has 0 aromatic heterocycles. The van der Waals surface area contributed by atoms with Crippen molar-refractivity contribution in [2.75, 3.05) is 33.8 Å². The maximum absolute atomic E-state index is 5.89. The first-order valence-corrected chi connectivity index (χ1v) is 21.7. The van der Waals surface area contributed by atoms with Crippen LogP contribution in [0.15, 0.2) is 30.3 Å². The van der Waals surface area contributed by atoms with Gasteiger partial charge in [-0.1, -0.05) is 12.8 Å². The molecule has 0 aliphatic heterocycles. The molecule has 2 saturated carbocycles. The van der Waals surface area contributed by atoms with Gasteiger partial charge in [0.05, 0.1) is 32.5 Å². The van der Waals surface area contributed by atoms with Crippen molar-refractivity contribution in [2.24, 2.45) is 0 Å². The van der Waals surface area contributed by atoms with Crippen molar-refractivity contribution in [1.82, 2.24) is 0 Å². The molecule has 1 aromatic rings. The fraction of sp³-hybridized carbons (Fsp3) is 0.708. The SMILES string of the molecule is C[N+](C)(C)CC[PH+](C1CCCCC1)C1CCCCC1.[Cl]/[Ru]([I])=[CH]/c1ccccc1. The number of halogens is 2. The summed E-state index contributed by atoms with van der Waals surface area (Å²) in [6, 6.07) is 10.2. The summed E-state index contributed by atoms with van der Waals surface area (Å²) in [5.74, 6) is 0. The molecule has 0 heterocycles. The fourth-order valence-electron chi connectivity index (χ4n) is 4.76. The van der Waals surface area contributed by atoms with E-state index in [2.05, 4.69) is 57.6 Å². The van der Waals surface area contributed by atoms with Crippen LogP contribution in [0.2, 0.25) is 0 Å². The number of hydrogen-bond acceptors (Lipinski definition) is 0. The fourth-order valence-corrected chi connectivity index (χ4v) is 12.3. The van der Waals surface area contributed by atoms with Crippen LogP contribution in [-0.2, 0) is 11.0 Å². The van der Waals surface area contributed by atoms with Crippen LogP contribution in [0, 0.1) is 0 Å². The van der Waals surface area contributed by atoms with Gasteiger partial charge in [0.2, 0.25) is 0 Å². The van der Waals surface area contributed by atoms with Gasteiger partial charge in [-0.25, -0.2) is 0 Å². The van der Waals surface area contributed by atoms with Crippen molar-refractivity contribution < 1.29 is 15.5 Å².